The maximum atomic E-state index is 11.6. The average Bonchev–Trinajstić information content (AvgIpc) is 3.09. The van der Waals surface area contributed by atoms with Crippen molar-refractivity contribution in [3.8, 4) is 5.88 Å². The summed E-state index contributed by atoms with van der Waals surface area (Å²) in [5.74, 6) is 0.913. The fourth-order valence-corrected chi connectivity index (χ4v) is 3.48. The molecular weight excluding hydrogens is 348 g/mol. The van der Waals surface area contributed by atoms with Crippen LogP contribution in [0.2, 0.25) is 0 Å². The van der Waals surface area contributed by atoms with Gasteiger partial charge in [-0.15, -0.1) is 0 Å². The van der Waals surface area contributed by atoms with Crippen LogP contribution in [-0.2, 0) is 0 Å². The van der Waals surface area contributed by atoms with Gasteiger partial charge in [0.25, 0.3) is 0 Å². The standard InChI is InChI=1S/C18H26N6O3/c1-18(2,3)14-9-13(6-8-23(14)17(25)26)24-11-12(10-20-24)21-16-19-7-5-15(22-16)27-4/h5,7,10-11,13-14H,6,8-9H2,1-4H3,(H,25,26)(H,19,21,22). The Morgan fingerprint density at radius 1 is 1.41 bits per heavy atom. The number of carbonyl (C=O) groups is 1. The van der Waals surface area contributed by atoms with Crippen molar-refractivity contribution in [2.45, 2.75) is 45.7 Å². The number of nitrogens with one attached hydrogen (secondary N) is 1. The second-order valence-corrected chi connectivity index (χ2v) is 7.79. The van der Waals surface area contributed by atoms with Crippen LogP contribution in [-0.4, -0.2) is 55.5 Å². The zero-order valence-electron chi connectivity index (χ0n) is 16.1. The normalized spacial score (nSPS) is 20.4. The molecule has 1 fully saturated rings. The second-order valence-electron chi connectivity index (χ2n) is 7.79. The monoisotopic (exact) mass is 374 g/mol. The van der Waals surface area contributed by atoms with Crippen LogP contribution >= 0.6 is 0 Å². The minimum Gasteiger partial charge on any atom is -0.481 e. The van der Waals surface area contributed by atoms with Crippen LogP contribution < -0.4 is 10.1 Å². The topological polar surface area (TPSA) is 105 Å². The van der Waals surface area contributed by atoms with Crippen molar-refractivity contribution in [2.24, 2.45) is 5.41 Å². The molecule has 2 aromatic rings. The Labute approximate surface area is 158 Å². The first-order valence-corrected chi connectivity index (χ1v) is 8.95. The van der Waals surface area contributed by atoms with Gasteiger partial charge in [-0.3, -0.25) is 4.68 Å². The molecule has 0 aromatic carbocycles. The van der Waals surface area contributed by atoms with Gasteiger partial charge in [0.15, 0.2) is 0 Å². The zero-order valence-corrected chi connectivity index (χ0v) is 16.1. The molecule has 2 aromatic heterocycles. The number of hydrogen-bond acceptors (Lipinski definition) is 6. The summed E-state index contributed by atoms with van der Waals surface area (Å²) in [6.07, 6.45) is 5.85. The molecule has 1 aliphatic rings. The Balaban J connectivity index is 1.73. The van der Waals surface area contributed by atoms with E-state index in [0.717, 1.165) is 18.5 Å². The number of amides is 1. The van der Waals surface area contributed by atoms with Crippen LogP contribution in [0.15, 0.2) is 24.7 Å². The lowest BCUT2D eigenvalue weighted by atomic mass is 9.79. The van der Waals surface area contributed by atoms with Crippen molar-refractivity contribution >= 4 is 17.7 Å². The van der Waals surface area contributed by atoms with E-state index in [1.54, 1.807) is 30.5 Å². The van der Waals surface area contributed by atoms with Crippen LogP contribution in [0.5, 0.6) is 5.88 Å². The van der Waals surface area contributed by atoms with Gasteiger partial charge in [-0.2, -0.15) is 10.1 Å². The molecule has 1 saturated heterocycles. The zero-order chi connectivity index (χ0) is 19.6. The molecule has 9 heteroatoms. The molecule has 3 heterocycles. The summed E-state index contributed by atoms with van der Waals surface area (Å²) >= 11 is 0. The number of carboxylic acid groups (broad SMARTS) is 1. The van der Waals surface area contributed by atoms with Crippen molar-refractivity contribution in [1.29, 1.82) is 0 Å². The largest absolute Gasteiger partial charge is 0.481 e. The van der Waals surface area contributed by atoms with Crippen LogP contribution in [0.1, 0.15) is 39.7 Å². The first-order valence-electron chi connectivity index (χ1n) is 8.95. The van der Waals surface area contributed by atoms with E-state index in [-0.39, 0.29) is 17.5 Å². The molecule has 9 nitrogen and oxygen atoms in total. The molecule has 0 aliphatic carbocycles. The first-order chi connectivity index (χ1) is 12.8. The van der Waals surface area contributed by atoms with E-state index >= 15 is 0 Å². The molecule has 0 saturated carbocycles. The number of piperidine rings is 1. The van der Waals surface area contributed by atoms with Gasteiger partial charge in [0.1, 0.15) is 0 Å². The summed E-state index contributed by atoms with van der Waals surface area (Å²) in [5, 5.41) is 17.1. The summed E-state index contributed by atoms with van der Waals surface area (Å²) in [7, 11) is 1.55. The Morgan fingerprint density at radius 2 is 2.19 bits per heavy atom. The third kappa shape index (κ3) is 4.29. The quantitative estimate of drug-likeness (QED) is 0.847. The summed E-state index contributed by atoms with van der Waals surface area (Å²) in [4.78, 5) is 21.5. The summed E-state index contributed by atoms with van der Waals surface area (Å²) in [6, 6.07) is 1.76. The third-order valence-electron chi connectivity index (χ3n) is 4.89. The smallest absolute Gasteiger partial charge is 0.407 e. The van der Waals surface area contributed by atoms with Gasteiger partial charge in [0.05, 0.1) is 25.0 Å². The highest BCUT2D eigenvalue weighted by Gasteiger charge is 2.39. The fourth-order valence-electron chi connectivity index (χ4n) is 3.48. The van der Waals surface area contributed by atoms with Crippen molar-refractivity contribution < 1.29 is 14.6 Å². The molecule has 2 atom stereocenters. The van der Waals surface area contributed by atoms with Crippen molar-refractivity contribution in [1.82, 2.24) is 24.6 Å². The maximum Gasteiger partial charge on any atom is 0.407 e. The molecule has 3 rings (SSSR count). The van der Waals surface area contributed by atoms with Gasteiger partial charge in [-0.1, -0.05) is 20.8 Å². The predicted molar refractivity (Wildman–Crippen MR) is 100 cm³/mol. The number of nitrogens with zero attached hydrogens (tertiary/aromatic N) is 5. The lowest BCUT2D eigenvalue weighted by Gasteiger charge is -2.44. The van der Waals surface area contributed by atoms with Gasteiger partial charge in [-0.05, 0) is 18.3 Å². The molecule has 1 aliphatic heterocycles. The average molecular weight is 374 g/mol. The Kier molecular flexibility index (Phi) is 5.20. The maximum absolute atomic E-state index is 11.6. The van der Waals surface area contributed by atoms with E-state index < -0.39 is 6.09 Å². The summed E-state index contributed by atoms with van der Waals surface area (Å²) < 4.78 is 7.00. The predicted octanol–water partition coefficient (Wildman–Crippen LogP) is 3.15. The lowest BCUT2D eigenvalue weighted by Crippen LogP contribution is -2.51. The van der Waals surface area contributed by atoms with E-state index in [0.29, 0.717) is 18.4 Å². The Morgan fingerprint density at radius 3 is 2.85 bits per heavy atom. The number of aromatic nitrogens is 4. The highest BCUT2D eigenvalue weighted by molar-refractivity contribution is 5.65. The van der Waals surface area contributed by atoms with E-state index in [4.69, 9.17) is 4.74 Å². The lowest BCUT2D eigenvalue weighted by molar-refractivity contribution is 0.0408. The van der Waals surface area contributed by atoms with Crippen LogP contribution in [0, 0.1) is 5.41 Å². The van der Waals surface area contributed by atoms with Gasteiger partial charge < -0.3 is 20.1 Å². The molecule has 0 radical (unpaired) electrons. The molecule has 1 amide bonds. The van der Waals surface area contributed by atoms with Crippen molar-refractivity contribution in [3.63, 3.8) is 0 Å². The minimum absolute atomic E-state index is 0.0592. The van der Waals surface area contributed by atoms with Crippen LogP contribution in [0.3, 0.4) is 0 Å². The van der Waals surface area contributed by atoms with E-state index in [1.165, 1.54) is 0 Å². The number of likely N-dealkylation sites (tertiary alicyclic amines) is 1. The SMILES string of the molecule is COc1ccnc(Nc2cnn(C3CCN(C(=O)O)C(C(C)(C)C)C3)c2)n1. The summed E-state index contributed by atoms with van der Waals surface area (Å²) in [5.41, 5.74) is 0.635. The number of ether oxygens (including phenoxy) is 1. The number of methoxy groups -OCH3 is 1. The van der Waals surface area contributed by atoms with E-state index in [1.807, 2.05) is 10.9 Å². The van der Waals surface area contributed by atoms with Gasteiger partial charge in [0, 0.05) is 31.0 Å². The van der Waals surface area contributed by atoms with Crippen LogP contribution in [0.4, 0.5) is 16.4 Å². The fraction of sp³-hybridized carbons (Fsp3) is 0.556. The molecule has 27 heavy (non-hydrogen) atoms. The molecule has 2 N–H and O–H groups in total. The molecule has 0 spiro atoms. The van der Waals surface area contributed by atoms with Crippen molar-refractivity contribution in [3.05, 3.63) is 24.7 Å². The third-order valence-corrected chi connectivity index (χ3v) is 4.89. The highest BCUT2D eigenvalue weighted by atomic mass is 16.5. The number of hydrogen-bond donors (Lipinski definition) is 2. The Hall–Kier alpha value is -2.84. The van der Waals surface area contributed by atoms with Crippen LogP contribution in [0.25, 0.3) is 0 Å². The second kappa shape index (κ2) is 7.42. The minimum atomic E-state index is -0.855. The molecule has 146 valence electrons. The summed E-state index contributed by atoms with van der Waals surface area (Å²) in [6.45, 7) is 6.73. The van der Waals surface area contributed by atoms with Gasteiger partial charge in [0.2, 0.25) is 11.8 Å². The molecular formula is C18H26N6O3. The van der Waals surface area contributed by atoms with Gasteiger partial charge >= 0.3 is 6.09 Å². The number of anilines is 2. The molecule has 2 unspecified atom stereocenters. The Bertz CT molecular complexity index is 800. The van der Waals surface area contributed by atoms with Crippen molar-refractivity contribution in [2.75, 3.05) is 19.0 Å². The van der Waals surface area contributed by atoms with E-state index in [9.17, 15) is 9.90 Å². The van der Waals surface area contributed by atoms with E-state index in [2.05, 4.69) is 41.2 Å². The first kappa shape index (κ1) is 18.9. The number of rotatable bonds is 4. The molecule has 0 bridgehead atoms. The highest BCUT2D eigenvalue weighted by Crippen LogP contribution is 2.36. The van der Waals surface area contributed by atoms with Gasteiger partial charge in [-0.25, -0.2) is 9.78 Å².